The highest BCUT2D eigenvalue weighted by atomic mass is 16.2. The minimum absolute atomic E-state index is 0.122. The van der Waals surface area contributed by atoms with Gasteiger partial charge in [-0.2, -0.15) is 0 Å². The van der Waals surface area contributed by atoms with Crippen LogP contribution in [0.2, 0.25) is 0 Å². The zero-order valence-electron chi connectivity index (χ0n) is 11.0. The average molecular weight is 243 g/mol. The van der Waals surface area contributed by atoms with Gasteiger partial charge in [0, 0.05) is 5.92 Å². The monoisotopic (exact) mass is 243 g/mol. The molecule has 0 rings (SSSR count). The first-order valence-electron chi connectivity index (χ1n) is 6.18. The summed E-state index contributed by atoms with van der Waals surface area (Å²) in [7, 11) is 0. The molecule has 0 bridgehead atoms. The molecule has 0 unspecified atom stereocenters. The van der Waals surface area contributed by atoms with Gasteiger partial charge in [0.2, 0.25) is 11.8 Å². The van der Waals surface area contributed by atoms with Crippen LogP contribution in [0, 0.1) is 11.8 Å². The van der Waals surface area contributed by atoms with Gasteiger partial charge in [-0.3, -0.25) is 9.59 Å². The van der Waals surface area contributed by atoms with Crippen LogP contribution in [0.1, 0.15) is 40.0 Å². The van der Waals surface area contributed by atoms with Crippen LogP contribution in [-0.2, 0) is 9.59 Å². The number of nitrogens with two attached hydrogens (primary N) is 2. The summed E-state index contributed by atoms with van der Waals surface area (Å²) in [4.78, 5) is 23.0. The Morgan fingerprint density at radius 3 is 2.24 bits per heavy atom. The number of hydrogen-bond donors (Lipinski definition) is 3. The molecule has 0 aliphatic heterocycles. The molecule has 0 spiro atoms. The normalized spacial score (nSPS) is 14.4. The quantitative estimate of drug-likeness (QED) is 0.574. The van der Waals surface area contributed by atoms with Crippen molar-refractivity contribution in [2.24, 2.45) is 23.3 Å². The summed E-state index contributed by atoms with van der Waals surface area (Å²) in [5.41, 5.74) is 10.6. The van der Waals surface area contributed by atoms with Crippen molar-refractivity contribution < 1.29 is 9.59 Å². The van der Waals surface area contributed by atoms with E-state index in [9.17, 15) is 9.59 Å². The number of rotatable bonds is 8. The second kappa shape index (κ2) is 8.06. The van der Waals surface area contributed by atoms with Gasteiger partial charge in [0.15, 0.2) is 0 Å². The van der Waals surface area contributed by atoms with Crippen molar-refractivity contribution in [3.63, 3.8) is 0 Å². The topological polar surface area (TPSA) is 98.2 Å². The Balaban J connectivity index is 4.25. The van der Waals surface area contributed by atoms with Gasteiger partial charge in [-0.25, -0.2) is 0 Å². The van der Waals surface area contributed by atoms with Crippen molar-refractivity contribution >= 4 is 11.8 Å². The zero-order valence-corrected chi connectivity index (χ0v) is 11.0. The van der Waals surface area contributed by atoms with Crippen LogP contribution in [0.3, 0.4) is 0 Å². The molecule has 0 aromatic carbocycles. The first-order valence-corrected chi connectivity index (χ1v) is 6.18. The molecule has 5 nitrogen and oxygen atoms in total. The van der Waals surface area contributed by atoms with E-state index in [1.54, 1.807) is 0 Å². The number of hydrogen-bond acceptors (Lipinski definition) is 3. The Morgan fingerprint density at radius 1 is 1.24 bits per heavy atom. The minimum Gasteiger partial charge on any atom is -0.368 e. The Labute approximate surface area is 103 Å². The lowest BCUT2D eigenvalue weighted by atomic mass is 10.0. The van der Waals surface area contributed by atoms with Gasteiger partial charge >= 0.3 is 0 Å². The van der Waals surface area contributed by atoms with Gasteiger partial charge < -0.3 is 16.8 Å². The molecule has 0 aliphatic carbocycles. The maximum Gasteiger partial charge on any atom is 0.240 e. The van der Waals surface area contributed by atoms with E-state index in [0.29, 0.717) is 18.9 Å². The molecule has 0 saturated carbocycles. The highest BCUT2D eigenvalue weighted by Crippen LogP contribution is 2.08. The fourth-order valence-corrected chi connectivity index (χ4v) is 1.59. The smallest absolute Gasteiger partial charge is 0.240 e. The maximum absolute atomic E-state index is 11.8. The summed E-state index contributed by atoms with van der Waals surface area (Å²) in [6, 6.07) is -0.567. The maximum atomic E-state index is 11.8. The summed E-state index contributed by atoms with van der Waals surface area (Å²) < 4.78 is 0. The van der Waals surface area contributed by atoms with E-state index in [0.717, 1.165) is 12.8 Å². The predicted octanol–water partition coefficient (Wildman–Crippen LogP) is 0.378. The van der Waals surface area contributed by atoms with Gasteiger partial charge in [-0.1, -0.05) is 20.8 Å². The van der Waals surface area contributed by atoms with Crippen LogP contribution in [0.15, 0.2) is 0 Å². The lowest BCUT2D eigenvalue weighted by Gasteiger charge is -2.19. The SMILES string of the molecule is CC(C)C[C@@H](NC(=O)[C@@H](C)CCCN)C(N)=O. The third-order valence-corrected chi connectivity index (χ3v) is 2.66. The molecule has 0 aromatic heterocycles. The number of carbonyl (C=O) groups excluding carboxylic acids is 2. The van der Waals surface area contributed by atoms with E-state index < -0.39 is 11.9 Å². The molecule has 0 aromatic rings. The summed E-state index contributed by atoms with van der Waals surface area (Å²) >= 11 is 0. The Kier molecular flexibility index (Phi) is 7.54. The van der Waals surface area contributed by atoms with Gasteiger partial charge in [0.05, 0.1) is 0 Å². The Hall–Kier alpha value is -1.10. The minimum atomic E-state index is -0.567. The molecule has 5 heteroatoms. The zero-order chi connectivity index (χ0) is 13.4. The van der Waals surface area contributed by atoms with Gasteiger partial charge in [0.1, 0.15) is 6.04 Å². The molecule has 0 heterocycles. The van der Waals surface area contributed by atoms with E-state index >= 15 is 0 Å². The lowest BCUT2D eigenvalue weighted by Crippen LogP contribution is -2.46. The van der Waals surface area contributed by atoms with Crippen molar-refractivity contribution in [3.05, 3.63) is 0 Å². The second-order valence-corrected chi connectivity index (χ2v) is 4.93. The number of amides is 2. The van der Waals surface area contributed by atoms with Crippen LogP contribution in [0.5, 0.6) is 0 Å². The van der Waals surface area contributed by atoms with E-state index in [1.807, 2.05) is 20.8 Å². The highest BCUT2D eigenvalue weighted by molar-refractivity contribution is 5.87. The Morgan fingerprint density at radius 2 is 1.82 bits per heavy atom. The van der Waals surface area contributed by atoms with E-state index in [2.05, 4.69) is 5.32 Å². The molecular weight excluding hydrogens is 218 g/mol. The predicted molar refractivity (Wildman–Crippen MR) is 68.0 cm³/mol. The summed E-state index contributed by atoms with van der Waals surface area (Å²) in [5, 5.41) is 2.70. The molecular formula is C12H25N3O2. The van der Waals surface area contributed by atoms with Crippen molar-refractivity contribution in [2.75, 3.05) is 6.54 Å². The van der Waals surface area contributed by atoms with Gasteiger partial charge in [-0.15, -0.1) is 0 Å². The first kappa shape index (κ1) is 15.9. The molecule has 5 N–H and O–H groups in total. The molecule has 17 heavy (non-hydrogen) atoms. The second-order valence-electron chi connectivity index (χ2n) is 4.93. The molecule has 0 saturated heterocycles. The Bertz CT molecular complexity index is 254. The standard InChI is InChI=1S/C12H25N3O2/c1-8(2)7-10(11(14)16)15-12(17)9(3)5-4-6-13/h8-10H,4-7,13H2,1-3H3,(H2,14,16)(H,15,17)/t9-,10+/m0/s1. The fraction of sp³-hybridized carbons (Fsp3) is 0.833. The van der Waals surface area contributed by atoms with Gasteiger partial charge in [0.25, 0.3) is 0 Å². The van der Waals surface area contributed by atoms with Crippen LogP contribution in [0.4, 0.5) is 0 Å². The molecule has 0 aliphatic rings. The van der Waals surface area contributed by atoms with Gasteiger partial charge in [-0.05, 0) is 31.7 Å². The van der Waals surface area contributed by atoms with Crippen LogP contribution in [0.25, 0.3) is 0 Å². The summed E-state index contributed by atoms with van der Waals surface area (Å²) in [6.07, 6.45) is 2.11. The average Bonchev–Trinajstić information content (AvgIpc) is 2.23. The first-order chi connectivity index (χ1) is 7.88. The molecule has 100 valence electrons. The van der Waals surface area contributed by atoms with E-state index in [1.165, 1.54) is 0 Å². The van der Waals surface area contributed by atoms with Crippen LogP contribution < -0.4 is 16.8 Å². The summed E-state index contributed by atoms with van der Waals surface area (Å²) in [5.74, 6) is -0.416. The lowest BCUT2D eigenvalue weighted by molar-refractivity contribution is -0.130. The highest BCUT2D eigenvalue weighted by Gasteiger charge is 2.21. The van der Waals surface area contributed by atoms with Crippen LogP contribution in [-0.4, -0.2) is 24.4 Å². The van der Waals surface area contributed by atoms with Crippen LogP contribution >= 0.6 is 0 Å². The van der Waals surface area contributed by atoms with Crippen molar-refractivity contribution in [2.45, 2.75) is 46.1 Å². The van der Waals surface area contributed by atoms with Crippen molar-refractivity contribution in [3.8, 4) is 0 Å². The fourth-order valence-electron chi connectivity index (χ4n) is 1.59. The third-order valence-electron chi connectivity index (χ3n) is 2.66. The van der Waals surface area contributed by atoms with E-state index in [4.69, 9.17) is 11.5 Å². The largest absolute Gasteiger partial charge is 0.368 e. The molecule has 2 atom stereocenters. The molecule has 2 amide bonds. The third kappa shape index (κ3) is 6.94. The van der Waals surface area contributed by atoms with Crippen molar-refractivity contribution in [1.29, 1.82) is 0 Å². The number of primary amides is 1. The molecule has 0 fully saturated rings. The van der Waals surface area contributed by atoms with Crippen molar-refractivity contribution in [1.82, 2.24) is 5.32 Å². The number of nitrogens with one attached hydrogen (secondary N) is 1. The summed E-state index contributed by atoms with van der Waals surface area (Å²) in [6.45, 7) is 6.38. The number of carbonyl (C=O) groups is 2. The van der Waals surface area contributed by atoms with E-state index in [-0.39, 0.29) is 11.8 Å². The molecule has 0 radical (unpaired) electrons.